The van der Waals surface area contributed by atoms with Crippen molar-refractivity contribution in [3.8, 4) is 0 Å². The van der Waals surface area contributed by atoms with Crippen LogP contribution in [0.15, 0.2) is 0 Å². The van der Waals surface area contributed by atoms with Crippen LogP contribution in [0.1, 0.15) is 72.1 Å². The molecule has 0 saturated carbocycles. The van der Waals surface area contributed by atoms with E-state index in [0.717, 1.165) is 39.0 Å². The summed E-state index contributed by atoms with van der Waals surface area (Å²) < 4.78 is 12.2. The van der Waals surface area contributed by atoms with Crippen LogP contribution in [-0.2, 0) is 8.85 Å². The average Bonchev–Trinajstić information content (AvgIpc) is 2.42. The average molecular weight is 290 g/mol. The van der Waals surface area contributed by atoms with Crippen molar-refractivity contribution in [2.24, 2.45) is 5.73 Å². The third-order valence-electron chi connectivity index (χ3n) is 3.38. The molecule has 3 nitrogen and oxygen atoms in total. The highest BCUT2D eigenvalue weighted by Crippen LogP contribution is 2.25. The fourth-order valence-electron chi connectivity index (χ4n) is 2.18. The fraction of sp³-hybridized carbons (Fsp3) is 1.00. The SMILES string of the molecule is CCCCO[SiH](OCCCC)C(CCC)CCCN. The number of hydrogen-bond donors (Lipinski definition) is 1. The zero-order valence-corrected chi connectivity index (χ0v) is 14.5. The molecule has 0 spiro atoms. The van der Waals surface area contributed by atoms with E-state index in [1.165, 1.54) is 32.1 Å². The Morgan fingerprint density at radius 1 is 0.842 bits per heavy atom. The lowest BCUT2D eigenvalue weighted by Gasteiger charge is -2.25. The van der Waals surface area contributed by atoms with Crippen LogP contribution in [0.25, 0.3) is 0 Å². The summed E-state index contributed by atoms with van der Waals surface area (Å²) in [6.45, 7) is 9.20. The summed E-state index contributed by atoms with van der Waals surface area (Å²) in [7, 11) is -1.52. The molecule has 2 N–H and O–H groups in total. The molecule has 116 valence electrons. The number of nitrogens with two attached hydrogens (primary N) is 1. The molecule has 0 radical (unpaired) electrons. The molecule has 0 amide bonds. The van der Waals surface area contributed by atoms with Crippen molar-refractivity contribution < 1.29 is 8.85 Å². The molecular weight excluding hydrogens is 254 g/mol. The molecule has 0 fully saturated rings. The molecule has 0 aliphatic heterocycles. The Kier molecular flexibility index (Phi) is 14.6. The second-order valence-corrected chi connectivity index (χ2v) is 7.64. The topological polar surface area (TPSA) is 44.5 Å². The highest BCUT2D eigenvalue weighted by Gasteiger charge is 2.25. The maximum Gasteiger partial charge on any atom is 0.324 e. The van der Waals surface area contributed by atoms with Crippen LogP contribution < -0.4 is 5.73 Å². The maximum absolute atomic E-state index is 6.12. The summed E-state index contributed by atoms with van der Waals surface area (Å²) in [5.74, 6) is 0. The Morgan fingerprint density at radius 3 is 1.84 bits per heavy atom. The first-order chi connectivity index (χ1) is 9.29. The van der Waals surface area contributed by atoms with Crippen molar-refractivity contribution in [3.05, 3.63) is 0 Å². The first-order valence-corrected chi connectivity index (χ1v) is 9.84. The quantitative estimate of drug-likeness (QED) is 0.391. The third-order valence-corrected chi connectivity index (χ3v) is 5.95. The molecule has 1 atom stereocenters. The summed E-state index contributed by atoms with van der Waals surface area (Å²) in [6, 6.07) is 0. The van der Waals surface area contributed by atoms with Crippen LogP contribution in [0.5, 0.6) is 0 Å². The highest BCUT2D eigenvalue weighted by molar-refractivity contribution is 6.46. The van der Waals surface area contributed by atoms with E-state index in [0.29, 0.717) is 5.54 Å². The van der Waals surface area contributed by atoms with Gasteiger partial charge >= 0.3 is 9.28 Å². The summed E-state index contributed by atoms with van der Waals surface area (Å²) in [5.41, 5.74) is 6.29. The number of hydrogen-bond acceptors (Lipinski definition) is 3. The van der Waals surface area contributed by atoms with Crippen LogP contribution in [-0.4, -0.2) is 29.0 Å². The van der Waals surface area contributed by atoms with Crippen molar-refractivity contribution in [2.45, 2.75) is 77.7 Å². The van der Waals surface area contributed by atoms with Crippen molar-refractivity contribution in [1.29, 1.82) is 0 Å². The number of rotatable bonds is 14. The van der Waals surface area contributed by atoms with Crippen LogP contribution in [0.2, 0.25) is 5.54 Å². The van der Waals surface area contributed by atoms with Gasteiger partial charge < -0.3 is 14.6 Å². The van der Waals surface area contributed by atoms with Gasteiger partial charge in [-0.05, 0) is 44.2 Å². The predicted octanol–water partition coefficient (Wildman–Crippen LogP) is 3.75. The second-order valence-electron chi connectivity index (χ2n) is 5.30. The Balaban J connectivity index is 4.25. The van der Waals surface area contributed by atoms with Gasteiger partial charge in [-0.25, -0.2) is 0 Å². The zero-order valence-electron chi connectivity index (χ0n) is 13.3. The lowest BCUT2D eigenvalue weighted by molar-refractivity contribution is 0.179. The largest absolute Gasteiger partial charge is 0.396 e. The third kappa shape index (κ3) is 10.5. The smallest absolute Gasteiger partial charge is 0.324 e. The van der Waals surface area contributed by atoms with Crippen molar-refractivity contribution in [1.82, 2.24) is 0 Å². The van der Waals surface area contributed by atoms with E-state index in [1.54, 1.807) is 0 Å². The van der Waals surface area contributed by atoms with Crippen molar-refractivity contribution in [3.63, 3.8) is 0 Å². The fourth-order valence-corrected chi connectivity index (χ4v) is 4.73. The molecule has 0 aromatic heterocycles. The Bertz CT molecular complexity index is 172. The Labute approximate surface area is 122 Å². The Hall–Kier alpha value is 0.0969. The van der Waals surface area contributed by atoms with Gasteiger partial charge in [-0.3, -0.25) is 0 Å². The first kappa shape index (κ1) is 19.1. The predicted molar refractivity (Wildman–Crippen MR) is 85.8 cm³/mol. The van der Waals surface area contributed by atoms with E-state index in [2.05, 4.69) is 20.8 Å². The number of unbranched alkanes of at least 4 members (excludes halogenated alkanes) is 2. The van der Waals surface area contributed by atoms with Crippen LogP contribution >= 0.6 is 0 Å². The molecule has 0 saturated heterocycles. The molecule has 4 heteroatoms. The lowest BCUT2D eigenvalue weighted by Crippen LogP contribution is -2.30. The maximum atomic E-state index is 6.12. The van der Waals surface area contributed by atoms with E-state index < -0.39 is 9.28 Å². The summed E-state index contributed by atoms with van der Waals surface area (Å²) in [6.07, 6.45) is 9.41. The molecular formula is C15H35NO2Si. The lowest BCUT2D eigenvalue weighted by atomic mass is 10.1. The summed E-state index contributed by atoms with van der Waals surface area (Å²) in [5, 5.41) is 0. The van der Waals surface area contributed by atoms with E-state index >= 15 is 0 Å². The second kappa shape index (κ2) is 14.5. The molecule has 0 rings (SSSR count). The van der Waals surface area contributed by atoms with E-state index in [9.17, 15) is 0 Å². The van der Waals surface area contributed by atoms with Gasteiger partial charge in [0.2, 0.25) is 0 Å². The van der Waals surface area contributed by atoms with Gasteiger partial charge in [0.15, 0.2) is 0 Å². The van der Waals surface area contributed by atoms with Crippen LogP contribution in [0.4, 0.5) is 0 Å². The van der Waals surface area contributed by atoms with Crippen LogP contribution in [0.3, 0.4) is 0 Å². The minimum absolute atomic E-state index is 0.641. The van der Waals surface area contributed by atoms with E-state index in [1.807, 2.05) is 0 Å². The van der Waals surface area contributed by atoms with Gasteiger partial charge in [-0.15, -0.1) is 0 Å². The molecule has 0 aromatic carbocycles. The Morgan fingerprint density at radius 2 is 1.42 bits per heavy atom. The monoisotopic (exact) mass is 289 g/mol. The summed E-state index contributed by atoms with van der Waals surface area (Å²) in [4.78, 5) is 0. The van der Waals surface area contributed by atoms with Gasteiger partial charge in [-0.2, -0.15) is 0 Å². The van der Waals surface area contributed by atoms with Gasteiger partial charge in [-0.1, -0.05) is 40.0 Å². The van der Waals surface area contributed by atoms with Gasteiger partial charge in [0.25, 0.3) is 0 Å². The van der Waals surface area contributed by atoms with Gasteiger partial charge in [0.05, 0.1) is 0 Å². The standard InChI is InChI=1S/C15H35NO2Si/c1-4-7-13-17-19(18-14-8-5-2)15(10-6-3)11-9-12-16/h15,19H,4-14,16H2,1-3H3. The van der Waals surface area contributed by atoms with Gasteiger partial charge in [0, 0.05) is 13.2 Å². The first-order valence-electron chi connectivity index (χ1n) is 8.23. The minimum atomic E-state index is -1.52. The van der Waals surface area contributed by atoms with E-state index in [-0.39, 0.29) is 0 Å². The summed E-state index contributed by atoms with van der Waals surface area (Å²) >= 11 is 0. The molecule has 19 heavy (non-hydrogen) atoms. The molecule has 0 bridgehead atoms. The molecule has 0 heterocycles. The van der Waals surface area contributed by atoms with Crippen molar-refractivity contribution >= 4 is 9.28 Å². The highest BCUT2D eigenvalue weighted by atomic mass is 28.3. The molecule has 0 aliphatic carbocycles. The molecule has 0 aromatic rings. The van der Waals surface area contributed by atoms with E-state index in [4.69, 9.17) is 14.6 Å². The molecule has 1 unspecified atom stereocenters. The zero-order chi connectivity index (χ0) is 14.3. The minimum Gasteiger partial charge on any atom is -0.396 e. The molecule has 0 aliphatic rings. The normalized spacial score (nSPS) is 13.1. The van der Waals surface area contributed by atoms with Crippen molar-refractivity contribution in [2.75, 3.05) is 19.8 Å². The van der Waals surface area contributed by atoms with Crippen LogP contribution in [0, 0.1) is 0 Å². The van der Waals surface area contributed by atoms with Gasteiger partial charge in [0.1, 0.15) is 0 Å².